The molecule has 0 aliphatic heterocycles. The van der Waals surface area contributed by atoms with Gasteiger partial charge >= 0.3 is 6.09 Å². The molecule has 0 aromatic rings. The van der Waals surface area contributed by atoms with E-state index in [2.05, 4.69) is 5.32 Å². The highest BCUT2D eigenvalue weighted by molar-refractivity contribution is 5.80. The zero-order chi connectivity index (χ0) is 9.84. The Hall–Kier alpha value is -1.30. The van der Waals surface area contributed by atoms with E-state index in [1.165, 1.54) is 0 Å². The molecule has 5 N–H and O–H groups in total. The van der Waals surface area contributed by atoms with E-state index < -0.39 is 6.09 Å². The Morgan fingerprint density at radius 2 is 2.08 bits per heavy atom. The maximum atomic E-state index is 11.1. The molecule has 1 aliphatic rings. The predicted molar refractivity (Wildman–Crippen MR) is 44.6 cm³/mol. The lowest BCUT2D eigenvalue weighted by molar-refractivity contribution is -0.125. The van der Waals surface area contributed by atoms with Crippen LogP contribution in [0.25, 0.3) is 0 Å². The minimum Gasteiger partial charge on any atom is -0.465 e. The first-order valence-electron chi connectivity index (χ1n) is 4.15. The summed E-state index contributed by atoms with van der Waals surface area (Å²) in [6, 6.07) is -0.291. The van der Waals surface area contributed by atoms with Crippen molar-refractivity contribution < 1.29 is 14.7 Å². The smallest absolute Gasteiger partial charge is 0.404 e. The molecule has 2 atom stereocenters. The van der Waals surface area contributed by atoms with E-state index in [1.54, 1.807) is 0 Å². The van der Waals surface area contributed by atoms with Crippen LogP contribution in [-0.2, 0) is 4.79 Å². The third kappa shape index (κ3) is 2.32. The van der Waals surface area contributed by atoms with Gasteiger partial charge in [0, 0.05) is 6.04 Å². The van der Waals surface area contributed by atoms with Crippen LogP contribution in [0.5, 0.6) is 0 Å². The van der Waals surface area contributed by atoms with Gasteiger partial charge in [-0.3, -0.25) is 10.2 Å². The van der Waals surface area contributed by atoms with Crippen molar-refractivity contribution in [1.82, 2.24) is 10.7 Å². The van der Waals surface area contributed by atoms with Gasteiger partial charge < -0.3 is 10.4 Å². The van der Waals surface area contributed by atoms with Gasteiger partial charge in [0.15, 0.2) is 0 Å². The van der Waals surface area contributed by atoms with Gasteiger partial charge in [-0.2, -0.15) is 0 Å². The quantitative estimate of drug-likeness (QED) is 0.263. The van der Waals surface area contributed by atoms with Crippen LogP contribution < -0.4 is 16.6 Å². The van der Waals surface area contributed by atoms with E-state index in [0.717, 1.165) is 6.42 Å². The Labute approximate surface area is 75.5 Å². The number of nitrogens with one attached hydrogen (secondary N) is 2. The highest BCUT2D eigenvalue weighted by atomic mass is 16.4. The third-order valence-electron chi connectivity index (χ3n) is 2.30. The van der Waals surface area contributed by atoms with Crippen LogP contribution in [0.2, 0.25) is 0 Å². The van der Waals surface area contributed by atoms with E-state index in [9.17, 15) is 9.59 Å². The molecule has 0 bridgehead atoms. The summed E-state index contributed by atoms with van der Waals surface area (Å²) in [6.07, 6.45) is 1.14. The van der Waals surface area contributed by atoms with Gasteiger partial charge in [-0.15, -0.1) is 0 Å². The maximum Gasteiger partial charge on any atom is 0.404 e. The molecule has 6 nitrogen and oxygen atoms in total. The van der Waals surface area contributed by atoms with E-state index in [-0.39, 0.29) is 17.9 Å². The molecule has 0 spiro atoms. The fourth-order valence-electron chi connectivity index (χ4n) is 1.71. The van der Waals surface area contributed by atoms with Crippen LogP contribution in [-0.4, -0.2) is 23.1 Å². The minimum atomic E-state index is -1.10. The molecular formula is C7H13N3O3. The summed E-state index contributed by atoms with van der Waals surface area (Å²) in [6.45, 7) is 0. The summed E-state index contributed by atoms with van der Waals surface area (Å²) in [7, 11) is 0. The van der Waals surface area contributed by atoms with Crippen molar-refractivity contribution in [3.05, 3.63) is 0 Å². The van der Waals surface area contributed by atoms with E-state index in [1.807, 2.05) is 5.43 Å². The zero-order valence-corrected chi connectivity index (χ0v) is 7.12. The number of carbonyl (C=O) groups is 2. The molecule has 1 rings (SSSR count). The van der Waals surface area contributed by atoms with Gasteiger partial charge in [-0.1, -0.05) is 6.42 Å². The van der Waals surface area contributed by atoms with Crippen LogP contribution in [0, 0.1) is 5.92 Å². The molecule has 0 unspecified atom stereocenters. The van der Waals surface area contributed by atoms with Gasteiger partial charge in [-0.05, 0) is 12.8 Å². The second-order valence-corrected chi connectivity index (χ2v) is 3.10. The third-order valence-corrected chi connectivity index (χ3v) is 2.30. The highest BCUT2D eigenvalue weighted by Gasteiger charge is 2.33. The lowest BCUT2D eigenvalue weighted by Crippen LogP contribution is -2.45. The Morgan fingerprint density at radius 1 is 1.38 bits per heavy atom. The molecule has 74 valence electrons. The fourth-order valence-corrected chi connectivity index (χ4v) is 1.71. The van der Waals surface area contributed by atoms with E-state index in [0.29, 0.717) is 12.8 Å². The first-order valence-corrected chi connectivity index (χ1v) is 4.15. The van der Waals surface area contributed by atoms with Crippen molar-refractivity contribution in [2.45, 2.75) is 25.3 Å². The van der Waals surface area contributed by atoms with Crippen molar-refractivity contribution in [2.75, 3.05) is 0 Å². The van der Waals surface area contributed by atoms with Gasteiger partial charge in [0.25, 0.3) is 0 Å². The summed E-state index contributed by atoms with van der Waals surface area (Å²) in [5.41, 5.74) is 2.04. The highest BCUT2D eigenvalue weighted by Crippen LogP contribution is 2.25. The Bertz CT molecular complexity index is 219. The molecule has 1 aliphatic carbocycles. The maximum absolute atomic E-state index is 11.1. The van der Waals surface area contributed by atoms with Crippen LogP contribution in [0.4, 0.5) is 4.79 Å². The molecule has 0 aromatic heterocycles. The average molecular weight is 187 g/mol. The van der Waals surface area contributed by atoms with Crippen molar-refractivity contribution in [1.29, 1.82) is 0 Å². The molecule has 0 saturated heterocycles. The molecule has 0 radical (unpaired) electrons. The number of amides is 2. The Kier molecular flexibility index (Phi) is 3.07. The SMILES string of the molecule is NNC(=O)[C@@H]1CCC[C@@H]1NC(=O)O. The molecule has 0 heterocycles. The van der Waals surface area contributed by atoms with Gasteiger partial charge in [-0.25, -0.2) is 10.6 Å². The number of carbonyl (C=O) groups excluding carboxylic acids is 1. The van der Waals surface area contributed by atoms with Crippen LogP contribution in [0.1, 0.15) is 19.3 Å². The van der Waals surface area contributed by atoms with Gasteiger partial charge in [0.1, 0.15) is 0 Å². The van der Waals surface area contributed by atoms with E-state index >= 15 is 0 Å². The number of hydrogen-bond acceptors (Lipinski definition) is 3. The molecule has 13 heavy (non-hydrogen) atoms. The van der Waals surface area contributed by atoms with E-state index in [4.69, 9.17) is 10.9 Å². The summed E-state index contributed by atoms with van der Waals surface area (Å²) in [5.74, 6) is 4.36. The first kappa shape index (κ1) is 9.79. The normalized spacial score (nSPS) is 26.8. The first-order chi connectivity index (χ1) is 6.15. The minimum absolute atomic E-state index is 0.291. The second-order valence-electron chi connectivity index (χ2n) is 3.10. The average Bonchev–Trinajstić information content (AvgIpc) is 2.50. The summed E-state index contributed by atoms with van der Waals surface area (Å²) < 4.78 is 0. The lowest BCUT2D eigenvalue weighted by atomic mass is 10.0. The van der Waals surface area contributed by atoms with Crippen LogP contribution >= 0.6 is 0 Å². The summed E-state index contributed by atoms with van der Waals surface area (Å²) in [5, 5.41) is 10.8. The Morgan fingerprint density at radius 3 is 2.62 bits per heavy atom. The number of carboxylic acid groups (broad SMARTS) is 1. The fraction of sp³-hybridized carbons (Fsp3) is 0.714. The molecule has 1 saturated carbocycles. The monoisotopic (exact) mass is 187 g/mol. The molecule has 6 heteroatoms. The summed E-state index contributed by atoms with van der Waals surface area (Å²) >= 11 is 0. The van der Waals surface area contributed by atoms with Gasteiger partial charge in [0.05, 0.1) is 5.92 Å². The predicted octanol–water partition coefficient (Wildman–Crippen LogP) is -0.587. The van der Waals surface area contributed by atoms with Gasteiger partial charge in [0.2, 0.25) is 5.91 Å². The van der Waals surface area contributed by atoms with Crippen LogP contribution in [0.3, 0.4) is 0 Å². The van der Waals surface area contributed by atoms with Crippen molar-refractivity contribution in [3.63, 3.8) is 0 Å². The lowest BCUT2D eigenvalue weighted by Gasteiger charge is -2.17. The number of hydrazine groups is 1. The molecular weight excluding hydrogens is 174 g/mol. The molecule has 1 fully saturated rings. The van der Waals surface area contributed by atoms with Crippen molar-refractivity contribution >= 4 is 12.0 Å². The topological polar surface area (TPSA) is 104 Å². The van der Waals surface area contributed by atoms with Crippen molar-refractivity contribution in [2.24, 2.45) is 11.8 Å². The summed E-state index contributed by atoms with van der Waals surface area (Å²) in [4.78, 5) is 21.5. The largest absolute Gasteiger partial charge is 0.465 e. The molecule has 0 aromatic carbocycles. The zero-order valence-electron chi connectivity index (χ0n) is 7.12. The standard InChI is InChI=1S/C7H13N3O3/c8-10-6(11)4-2-1-3-5(4)9-7(12)13/h4-5,9H,1-3,8H2,(H,10,11)(H,12,13)/t4-,5+/m1/s1. The Balaban J connectivity index is 2.53. The molecule has 2 amide bonds. The van der Waals surface area contributed by atoms with Crippen LogP contribution in [0.15, 0.2) is 0 Å². The van der Waals surface area contributed by atoms with Crippen molar-refractivity contribution in [3.8, 4) is 0 Å². The number of hydrogen-bond donors (Lipinski definition) is 4. The second kappa shape index (κ2) is 4.08. The number of rotatable bonds is 2. The number of nitrogens with two attached hydrogens (primary N) is 1.